The first-order valence-electron chi connectivity index (χ1n) is 8.78. The maximum Gasteiger partial charge on any atom is 0.326 e. The fourth-order valence-electron chi connectivity index (χ4n) is 3.84. The van der Waals surface area contributed by atoms with E-state index in [4.69, 9.17) is 9.47 Å². The van der Waals surface area contributed by atoms with Crippen molar-refractivity contribution in [2.75, 3.05) is 31.2 Å². The van der Waals surface area contributed by atoms with Crippen LogP contribution in [-0.4, -0.2) is 60.1 Å². The number of hydrogen-bond acceptors (Lipinski definition) is 5. The van der Waals surface area contributed by atoms with Crippen molar-refractivity contribution >= 4 is 23.5 Å². The van der Waals surface area contributed by atoms with Gasteiger partial charge in [0.05, 0.1) is 5.92 Å². The first-order chi connectivity index (χ1) is 12.5. The minimum absolute atomic E-state index is 0.0934. The lowest BCUT2D eigenvalue weighted by atomic mass is 10.1. The number of carbonyl (C=O) groups excluding carboxylic acids is 2. The molecule has 8 nitrogen and oxygen atoms in total. The molecule has 26 heavy (non-hydrogen) atoms. The van der Waals surface area contributed by atoms with E-state index in [0.29, 0.717) is 49.8 Å². The standard InChI is InChI=1S/C18H20N2O6/c21-16-8-11(17(22)19-5-1-2-13(19)18(23)24)10-20(16)12-3-4-14-15(9-12)26-7-6-25-14/h3-4,9,11,13H,1-2,5-8,10H2,(H,23,24)/t11-,13+/m0/s1. The Balaban J connectivity index is 1.50. The SMILES string of the molecule is O=C(O)[C@H]1CCCN1C(=O)[C@H]1CC(=O)N(c2ccc3c(c2)OCCO3)C1. The molecule has 0 bridgehead atoms. The molecule has 3 aliphatic rings. The molecule has 0 aromatic heterocycles. The Morgan fingerprint density at radius 3 is 2.69 bits per heavy atom. The number of carboxylic acids is 1. The van der Waals surface area contributed by atoms with E-state index in [1.54, 1.807) is 23.1 Å². The molecule has 1 aromatic rings. The van der Waals surface area contributed by atoms with E-state index < -0.39 is 17.9 Å². The Bertz CT molecular complexity index is 764. The van der Waals surface area contributed by atoms with E-state index in [1.165, 1.54) is 4.90 Å². The fraction of sp³-hybridized carbons (Fsp3) is 0.500. The second kappa shape index (κ2) is 6.51. The molecule has 2 saturated heterocycles. The molecule has 0 unspecified atom stereocenters. The molecule has 4 rings (SSSR count). The first-order valence-corrected chi connectivity index (χ1v) is 8.78. The smallest absolute Gasteiger partial charge is 0.326 e. The lowest BCUT2D eigenvalue weighted by molar-refractivity contribution is -0.149. The summed E-state index contributed by atoms with van der Waals surface area (Å²) in [4.78, 5) is 39.5. The quantitative estimate of drug-likeness (QED) is 0.860. The van der Waals surface area contributed by atoms with Crippen molar-refractivity contribution in [3.05, 3.63) is 18.2 Å². The molecule has 1 N–H and O–H groups in total. The van der Waals surface area contributed by atoms with Gasteiger partial charge in [-0.3, -0.25) is 9.59 Å². The van der Waals surface area contributed by atoms with E-state index in [2.05, 4.69) is 0 Å². The Kier molecular flexibility index (Phi) is 4.18. The van der Waals surface area contributed by atoms with Gasteiger partial charge in [-0.15, -0.1) is 0 Å². The van der Waals surface area contributed by atoms with Crippen LogP contribution < -0.4 is 14.4 Å². The van der Waals surface area contributed by atoms with Crippen molar-refractivity contribution in [1.29, 1.82) is 0 Å². The number of aliphatic carboxylic acids is 1. The summed E-state index contributed by atoms with van der Waals surface area (Å²) in [6.07, 6.45) is 1.24. The lowest BCUT2D eigenvalue weighted by Crippen LogP contribution is -2.44. The number of hydrogen-bond donors (Lipinski definition) is 1. The number of fused-ring (bicyclic) bond motifs is 1. The molecule has 3 aliphatic heterocycles. The van der Waals surface area contributed by atoms with Gasteiger partial charge in [-0.25, -0.2) is 4.79 Å². The third kappa shape index (κ3) is 2.85. The number of benzene rings is 1. The van der Waals surface area contributed by atoms with Crippen LogP contribution >= 0.6 is 0 Å². The molecule has 8 heteroatoms. The van der Waals surface area contributed by atoms with E-state index >= 15 is 0 Å². The van der Waals surface area contributed by atoms with Gasteiger partial charge < -0.3 is 24.4 Å². The van der Waals surface area contributed by atoms with Crippen LogP contribution in [0, 0.1) is 5.92 Å². The van der Waals surface area contributed by atoms with Gasteiger partial charge in [0.25, 0.3) is 0 Å². The van der Waals surface area contributed by atoms with Gasteiger partial charge in [0.1, 0.15) is 19.3 Å². The minimum Gasteiger partial charge on any atom is -0.486 e. The zero-order chi connectivity index (χ0) is 18.3. The Morgan fingerprint density at radius 2 is 1.92 bits per heavy atom. The third-order valence-corrected chi connectivity index (χ3v) is 5.13. The maximum absolute atomic E-state index is 12.8. The van der Waals surface area contributed by atoms with Crippen molar-refractivity contribution in [3.63, 3.8) is 0 Å². The van der Waals surface area contributed by atoms with E-state index in [9.17, 15) is 19.5 Å². The number of likely N-dealkylation sites (tertiary alicyclic amines) is 1. The highest BCUT2D eigenvalue weighted by Gasteiger charge is 2.42. The molecular formula is C18H20N2O6. The number of carboxylic acid groups (broad SMARTS) is 1. The summed E-state index contributed by atoms with van der Waals surface area (Å²) in [5.41, 5.74) is 0.658. The minimum atomic E-state index is -0.983. The summed E-state index contributed by atoms with van der Waals surface area (Å²) >= 11 is 0. The van der Waals surface area contributed by atoms with Gasteiger partial charge in [0, 0.05) is 31.3 Å². The molecule has 0 saturated carbocycles. The van der Waals surface area contributed by atoms with E-state index in [1.807, 2.05) is 0 Å². The second-order valence-electron chi connectivity index (χ2n) is 6.76. The number of anilines is 1. The largest absolute Gasteiger partial charge is 0.486 e. The van der Waals surface area contributed by atoms with Gasteiger partial charge in [0.15, 0.2) is 11.5 Å². The van der Waals surface area contributed by atoms with Gasteiger partial charge in [-0.1, -0.05) is 0 Å². The predicted octanol–water partition coefficient (Wildman–Crippen LogP) is 0.886. The molecule has 3 heterocycles. The van der Waals surface area contributed by atoms with Crippen molar-refractivity contribution in [1.82, 2.24) is 4.90 Å². The van der Waals surface area contributed by atoms with Crippen LogP contribution in [0.15, 0.2) is 18.2 Å². The Morgan fingerprint density at radius 1 is 1.15 bits per heavy atom. The summed E-state index contributed by atoms with van der Waals surface area (Å²) in [6, 6.07) is 4.50. The molecular weight excluding hydrogens is 340 g/mol. The third-order valence-electron chi connectivity index (χ3n) is 5.13. The molecule has 2 amide bonds. The number of amides is 2. The number of rotatable bonds is 3. The zero-order valence-electron chi connectivity index (χ0n) is 14.2. The van der Waals surface area contributed by atoms with Crippen molar-refractivity contribution in [2.24, 2.45) is 5.92 Å². The molecule has 1 aromatic carbocycles. The highest BCUT2D eigenvalue weighted by atomic mass is 16.6. The van der Waals surface area contributed by atoms with E-state index in [0.717, 1.165) is 0 Å². The normalized spacial score (nSPS) is 24.8. The number of nitrogens with zero attached hydrogens (tertiary/aromatic N) is 2. The van der Waals surface area contributed by atoms with Crippen LogP contribution in [-0.2, 0) is 14.4 Å². The predicted molar refractivity (Wildman–Crippen MR) is 90.3 cm³/mol. The topological polar surface area (TPSA) is 96.4 Å². The summed E-state index contributed by atoms with van der Waals surface area (Å²) in [5.74, 6) is -0.670. The summed E-state index contributed by atoms with van der Waals surface area (Å²) < 4.78 is 11.0. The maximum atomic E-state index is 12.8. The lowest BCUT2D eigenvalue weighted by Gasteiger charge is -2.25. The van der Waals surface area contributed by atoms with Crippen LogP contribution in [0.5, 0.6) is 11.5 Å². The van der Waals surface area contributed by atoms with Crippen molar-refractivity contribution in [3.8, 4) is 11.5 Å². The summed E-state index contributed by atoms with van der Waals surface area (Å²) in [7, 11) is 0. The molecule has 0 radical (unpaired) electrons. The zero-order valence-corrected chi connectivity index (χ0v) is 14.2. The van der Waals surface area contributed by atoms with Crippen molar-refractivity contribution < 1.29 is 29.0 Å². The van der Waals surface area contributed by atoms with Crippen LogP contribution in [0.4, 0.5) is 5.69 Å². The monoisotopic (exact) mass is 360 g/mol. The number of ether oxygens (including phenoxy) is 2. The van der Waals surface area contributed by atoms with Crippen molar-refractivity contribution in [2.45, 2.75) is 25.3 Å². The average Bonchev–Trinajstić information content (AvgIpc) is 3.27. The Hall–Kier alpha value is -2.77. The van der Waals surface area contributed by atoms with Gasteiger partial charge in [-0.2, -0.15) is 0 Å². The highest BCUT2D eigenvalue weighted by Crippen LogP contribution is 2.36. The molecule has 0 aliphatic carbocycles. The molecule has 138 valence electrons. The first kappa shape index (κ1) is 16.7. The van der Waals surface area contributed by atoms with Gasteiger partial charge in [-0.05, 0) is 25.0 Å². The molecule has 2 fully saturated rings. The van der Waals surface area contributed by atoms with Gasteiger partial charge in [0.2, 0.25) is 11.8 Å². The fourth-order valence-corrected chi connectivity index (χ4v) is 3.84. The average molecular weight is 360 g/mol. The van der Waals surface area contributed by atoms with E-state index in [-0.39, 0.29) is 24.8 Å². The Labute approximate surface area is 150 Å². The van der Waals surface area contributed by atoms with Crippen LogP contribution in [0.25, 0.3) is 0 Å². The summed E-state index contributed by atoms with van der Waals surface area (Å²) in [5, 5.41) is 9.27. The molecule has 0 spiro atoms. The van der Waals surface area contributed by atoms with Gasteiger partial charge >= 0.3 is 5.97 Å². The summed E-state index contributed by atoms with van der Waals surface area (Å²) in [6.45, 7) is 1.63. The van der Waals surface area contributed by atoms with Crippen LogP contribution in [0.2, 0.25) is 0 Å². The molecule has 2 atom stereocenters. The number of carbonyl (C=O) groups is 3. The second-order valence-corrected chi connectivity index (χ2v) is 6.76. The highest BCUT2D eigenvalue weighted by molar-refractivity contribution is 6.01. The van der Waals surface area contributed by atoms with Crippen LogP contribution in [0.3, 0.4) is 0 Å². The van der Waals surface area contributed by atoms with Crippen LogP contribution in [0.1, 0.15) is 19.3 Å².